The summed E-state index contributed by atoms with van der Waals surface area (Å²) in [4.78, 5) is 32.8. The molecule has 0 aromatic heterocycles. The van der Waals surface area contributed by atoms with E-state index in [2.05, 4.69) is 11.9 Å². The summed E-state index contributed by atoms with van der Waals surface area (Å²) in [5.41, 5.74) is 2.54. The number of carbonyl (C=O) groups is 2. The van der Waals surface area contributed by atoms with Gasteiger partial charge in [0.15, 0.2) is 16.7 Å². The Morgan fingerprint density at radius 2 is 1.92 bits per heavy atom. The van der Waals surface area contributed by atoms with E-state index in [1.807, 2.05) is 55.5 Å². The molecule has 2 aromatic rings. The third-order valence-electron chi connectivity index (χ3n) is 5.98. The second-order valence-corrected chi connectivity index (χ2v) is 9.62. The van der Waals surface area contributed by atoms with Crippen molar-refractivity contribution >= 4 is 28.8 Å². The fourth-order valence-electron chi connectivity index (χ4n) is 4.18. The quantitative estimate of drug-likeness (QED) is 0.305. The maximum Gasteiger partial charge on any atom is 0.338 e. The van der Waals surface area contributed by atoms with Crippen molar-refractivity contribution in [2.24, 2.45) is 4.99 Å². The summed E-state index contributed by atoms with van der Waals surface area (Å²) in [6, 6.07) is 14.5. The van der Waals surface area contributed by atoms with E-state index in [9.17, 15) is 9.59 Å². The molecule has 2 heterocycles. The molecule has 2 aliphatic heterocycles. The summed E-state index contributed by atoms with van der Waals surface area (Å²) in [6.07, 6.45) is 2.34. The van der Waals surface area contributed by atoms with Gasteiger partial charge in [-0.05, 0) is 43.5 Å². The molecule has 0 bridgehead atoms. The molecule has 2 aromatic carbocycles. The van der Waals surface area contributed by atoms with Crippen molar-refractivity contribution in [3.8, 4) is 11.5 Å². The number of ether oxygens (including phenoxy) is 3. The van der Waals surface area contributed by atoms with Gasteiger partial charge in [0.25, 0.3) is 0 Å². The van der Waals surface area contributed by atoms with Crippen molar-refractivity contribution in [2.75, 3.05) is 19.0 Å². The minimum absolute atomic E-state index is 0.0698. The molecule has 0 aliphatic carbocycles. The van der Waals surface area contributed by atoms with Crippen LogP contribution in [0.5, 0.6) is 11.5 Å². The lowest BCUT2D eigenvalue weighted by Gasteiger charge is -2.39. The molecule has 1 fully saturated rings. The second-order valence-electron chi connectivity index (χ2n) is 8.56. The average Bonchev–Trinajstić information content (AvgIpc) is 2.88. The molecule has 4 rings (SSSR count). The van der Waals surface area contributed by atoms with Gasteiger partial charge < -0.3 is 14.2 Å². The zero-order chi connectivity index (χ0) is 25.5. The average molecular weight is 509 g/mol. The van der Waals surface area contributed by atoms with Crippen LogP contribution in [-0.4, -0.2) is 40.9 Å². The predicted molar refractivity (Wildman–Crippen MR) is 141 cm³/mol. The number of rotatable bonds is 10. The minimum Gasteiger partial charge on any atom is -0.490 e. The van der Waals surface area contributed by atoms with Gasteiger partial charge >= 0.3 is 5.97 Å². The number of allylic oxidation sites excluding steroid dienone is 1. The molecule has 1 atom stereocenters. The largest absolute Gasteiger partial charge is 0.490 e. The molecule has 1 saturated heterocycles. The van der Waals surface area contributed by atoms with Crippen molar-refractivity contribution < 1.29 is 23.8 Å². The van der Waals surface area contributed by atoms with Crippen molar-refractivity contribution in [3.05, 3.63) is 70.9 Å². The van der Waals surface area contributed by atoms with Gasteiger partial charge in [0.2, 0.25) is 5.91 Å². The number of amidine groups is 1. The Hall–Kier alpha value is -3.26. The molecule has 8 heteroatoms. The molecule has 0 saturated carbocycles. The molecular weight excluding hydrogens is 476 g/mol. The van der Waals surface area contributed by atoms with Crippen LogP contribution >= 0.6 is 11.8 Å². The Balaban J connectivity index is 1.71. The normalized spacial score (nSPS) is 17.4. The number of unbranched alkanes of at least 4 members (excludes halogenated alkanes) is 1. The number of nitrogens with zero attached hydrogens (tertiary/aromatic N) is 2. The first-order valence-corrected chi connectivity index (χ1v) is 13.4. The molecule has 0 radical (unpaired) electrons. The van der Waals surface area contributed by atoms with Crippen LogP contribution in [0.4, 0.5) is 0 Å². The topological polar surface area (TPSA) is 77.4 Å². The van der Waals surface area contributed by atoms with Crippen LogP contribution in [0.3, 0.4) is 0 Å². The van der Waals surface area contributed by atoms with Crippen molar-refractivity contribution in [1.29, 1.82) is 0 Å². The maximum absolute atomic E-state index is 13.4. The summed E-state index contributed by atoms with van der Waals surface area (Å²) in [6.45, 7) is 7.00. The lowest BCUT2D eigenvalue weighted by Crippen LogP contribution is -2.45. The summed E-state index contributed by atoms with van der Waals surface area (Å²) >= 11 is 1.52. The zero-order valence-corrected chi connectivity index (χ0v) is 21.8. The van der Waals surface area contributed by atoms with Crippen LogP contribution in [0.25, 0.3) is 0 Å². The first-order valence-electron chi connectivity index (χ1n) is 12.4. The third kappa shape index (κ3) is 5.75. The summed E-state index contributed by atoms with van der Waals surface area (Å²) < 4.78 is 17.5. The lowest BCUT2D eigenvalue weighted by atomic mass is 9.93. The Morgan fingerprint density at radius 3 is 2.67 bits per heavy atom. The van der Waals surface area contributed by atoms with E-state index in [-0.39, 0.29) is 12.5 Å². The molecule has 1 amide bonds. The zero-order valence-electron chi connectivity index (χ0n) is 21.0. The highest BCUT2D eigenvalue weighted by Crippen LogP contribution is 2.42. The fourth-order valence-corrected chi connectivity index (χ4v) is 5.19. The van der Waals surface area contributed by atoms with E-state index >= 15 is 0 Å². The van der Waals surface area contributed by atoms with Gasteiger partial charge in [0.05, 0.1) is 30.5 Å². The van der Waals surface area contributed by atoms with Gasteiger partial charge in [-0.3, -0.25) is 9.69 Å². The van der Waals surface area contributed by atoms with E-state index in [1.165, 1.54) is 11.8 Å². The first kappa shape index (κ1) is 25.8. The van der Waals surface area contributed by atoms with Crippen molar-refractivity contribution in [3.63, 3.8) is 0 Å². The van der Waals surface area contributed by atoms with Crippen LogP contribution in [0.15, 0.2) is 64.8 Å². The third-order valence-corrected chi connectivity index (χ3v) is 6.93. The molecule has 190 valence electrons. The number of aliphatic imine (C=N–C) groups is 1. The van der Waals surface area contributed by atoms with Gasteiger partial charge in [-0.15, -0.1) is 0 Å². The van der Waals surface area contributed by atoms with Gasteiger partial charge in [0, 0.05) is 12.2 Å². The first-order chi connectivity index (χ1) is 17.5. The number of thioether (sulfide) groups is 1. The standard InChI is InChI=1S/C28H32N2O5S/c1-4-6-15-34-22-13-12-21(17-23(22)33-5-2)26-25(27(32)35-18-20-10-8-7-9-11-20)19(3)29-28-30(26)24(31)14-16-36-28/h7-13,17,26H,4-6,14-16,18H2,1-3H3/t26-/m1/s1. The number of esters is 1. The Labute approximate surface area is 216 Å². The minimum atomic E-state index is -0.662. The summed E-state index contributed by atoms with van der Waals surface area (Å²) in [7, 11) is 0. The number of carbonyl (C=O) groups excluding carboxylic acids is 2. The van der Waals surface area contributed by atoms with Crippen LogP contribution in [-0.2, 0) is 20.9 Å². The lowest BCUT2D eigenvalue weighted by molar-refractivity contribution is -0.141. The Kier molecular flexibility index (Phi) is 8.70. The molecule has 2 aliphatic rings. The number of hydrogen-bond acceptors (Lipinski definition) is 7. The number of benzene rings is 2. The van der Waals surface area contributed by atoms with Crippen molar-refractivity contribution in [1.82, 2.24) is 4.90 Å². The van der Waals surface area contributed by atoms with E-state index in [4.69, 9.17) is 14.2 Å². The Morgan fingerprint density at radius 1 is 1.11 bits per heavy atom. The highest BCUT2D eigenvalue weighted by Gasteiger charge is 2.42. The van der Waals surface area contributed by atoms with Gasteiger partial charge in [-0.25, -0.2) is 9.79 Å². The van der Waals surface area contributed by atoms with E-state index in [1.54, 1.807) is 11.8 Å². The van der Waals surface area contributed by atoms with Gasteiger partial charge in [-0.2, -0.15) is 0 Å². The fraction of sp³-hybridized carbons (Fsp3) is 0.393. The smallest absolute Gasteiger partial charge is 0.338 e. The molecule has 0 spiro atoms. The van der Waals surface area contributed by atoms with Gasteiger partial charge in [-0.1, -0.05) is 61.5 Å². The molecule has 0 N–H and O–H groups in total. The van der Waals surface area contributed by atoms with Crippen molar-refractivity contribution in [2.45, 2.75) is 52.7 Å². The molecule has 0 unspecified atom stereocenters. The van der Waals surface area contributed by atoms with Crippen LogP contribution in [0.1, 0.15) is 57.2 Å². The summed E-state index contributed by atoms with van der Waals surface area (Å²) in [5, 5.41) is 0.606. The van der Waals surface area contributed by atoms with Crippen LogP contribution in [0.2, 0.25) is 0 Å². The monoisotopic (exact) mass is 508 g/mol. The number of hydrogen-bond donors (Lipinski definition) is 0. The van der Waals surface area contributed by atoms with E-state index < -0.39 is 12.0 Å². The molecule has 7 nitrogen and oxygen atoms in total. The Bertz CT molecular complexity index is 1160. The second kappa shape index (κ2) is 12.1. The van der Waals surface area contributed by atoms with E-state index in [0.29, 0.717) is 53.3 Å². The molecular formula is C28H32N2O5S. The highest BCUT2D eigenvalue weighted by molar-refractivity contribution is 8.14. The number of fused-ring (bicyclic) bond motifs is 1. The van der Waals surface area contributed by atoms with Crippen LogP contribution < -0.4 is 9.47 Å². The number of amides is 1. The van der Waals surface area contributed by atoms with Crippen LogP contribution in [0, 0.1) is 0 Å². The SMILES string of the molecule is CCCCOc1ccc([C@@H]2C(C(=O)OCc3ccccc3)=C(C)N=C3SCCC(=O)N32)cc1OCC. The van der Waals surface area contributed by atoms with E-state index in [0.717, 1.165) is 24.0 Å². The predicted octanol–water partition coefficient (Wildman–Crippen LogP) is 5.66. The maximum atomic E-state index is 13.4. The highest BCUT2D eigenvalue weighted by atomic mass is 32.2. The van der Waals surface area contributed by atoms with Gasteiger partial charge in [0.1, 0.15) is 6.61 Å². The molecule has 36 heavy (non-hydrogen) atoms. The summed E-state index contributed by atoms with van der Waals surface area (Å²) in [5.74, 6) is 1.33.